The second-order valence-electron chi connectivity index (χ2n) is 7.05. The number of alkyl halides is 3. The van der Waals surface area contributed by atoms with Crippen LogP contribution in [0.5, 0.6) is 0 Å². The summed E-state index contributed by atoms with van der Waals surface area (Å²) < 4.78 is 43.8. The van der Waals surface area contributed by atoms with E-state index in [1.165, 1.54) is 18.3 Å². The van der Waals surface area contributed by atoms with Crippen LogP contribution < -0.4 is 10.6 Å². The molecule has 166 valence electrons. The van der Waals surface area contributed by atoms with Gasteiger partial charge in [0.1, 0.15) is 11.5 Å². The van der Waals surface area contributed by atoms with Crippen LogP contribution >= 0.6 is 0 Å². The monoisotopic (exact) mass is 443 g/mol. The van der Waals surface area contributed by atoms with E-state index >= 15 is 0 Å². The fraction of sp³-hybridized carbons (Fsp3) is 0.174. The van der Waals surface area contributed by atoms with Gasteiger partial charge in [0.05, 0.1) is 24.0 Å². The Kier molecular flexibility index (Phi) is 6.77. The van der Waals surface area contributed by atoms with Gasteiger partial charge in [-0.1, -0.05) is 12.1 Å². The van der Waals surface area contributed by atoms with Crippen LogP contribution in [0.1, 0.15) is 28.2 Å². The predicted octanol–water partition coefficient (Wildman–Crippen LogP) is 4.92. The third-order valence-corrected chi connectivity index (χ3v) is 4.59. The number of nitrogens with zero attached hydrogens (tertiary/aromatic N) is 1. The third kappa shape index (κ3) is 6.07. The Morgan fingerprint density at radius 1 is 1.00 bits per heavy atom. The molecule has 0 aliphatic rings. The SMILES string of the molecule is Cc1ccc(NC(=O)C(=O)NCc2ccc(C=Nc3cccc(C(F)(F)F)c3)o2)cc1C. The number of halogens is 3. The van der Waals surface area contributed by atoms with E-state index in [-0.39, 0.29) is 18.0 Å². The summed E-state index contributed by atoms with van der Waals surface area (Å²) in [7, 11) is 0. The molecule has 0 radical (unpaired) electrons. The van der Waals surface area contributed by atoms with Gasteiger partial charge in [0.15, 0.2) is 0 Å². The first kappa shape index (κ1) is 22.8. The van der Waals surface area contributed by atoms with E-state index in [1.807, 2.05) is 19.9 Å². The summed E-state index contributed by atoms with van der Waals surface area (Å²) in [5, 5.41) is 4.96. The molecule has 0 saturated heterocycles. The van der Waals surface area contributed by atoms with Gasteiger partial charge >= 0.3 is 18.0 Å². The molecule has 0 atom stereocenters. The van der Waals surface area contributed by atoms with E-state index in [0.29, 0.717) is 11.4 Å². The molecule has 1 heterocycles. The average Bonchev–Trinajstić information content (AvgIpc) is 3.20. The Morgan fingerprint density at radius 3 is 2.50 bits per heavy atom. The van der Waals surface area contributed by atoms with Gasteiger partial charge in [0.2, 0.25) is 0 Å². The second-order valence-corrected chi connectivity index (χ2v) is 7.05. The molecule has 0 fully saturated rings. The van der Waals surface area contributed by atoms with Crippen molar-refractivity contribution in [2.45, 2.75) is 26.6 Å². The highest BCUT2D eigenvalue weighted by molar-refractivity contribution is 6.39. The molecular weight excluding hydrogens is 423 g/mol. The first-order valence-electron chi connectivity index (χ1n) is 9.58. The van der Waals surface area contributed by atoms with Crippen LogP contribution in [-0.2, 0) is 22.3 Å². The summed E-state index contributed by atoms with van der Waals surface area (Å²) in [5.41, 5.74) is 1.89. The van der Waals surface area contributed by atoms with Crippen molar-refractivity contribution in [2.75, 3.05) is 5.32 Å². The van der Waals surface area contributed by atoms with Gasteiger partial charge in [0.25, 0.3) is 0 Å². The maximum absolute atomic E-state index is 12.8. The van der Waals surface area contributed by atoms with Crippen molar-refractivity contribution < 1.29 is 27.2 Å². The molecule has 0 bridgehead atoms. The summed E-state index contributed by atoms with van der Waals surface area (Å²) in [4.78, 5) is 28.0. The summed E-state index contributed by atoms with van der Waals surface area (Å²) in [6.07, 6.45) is -3.18. The quantitative estimate of drug-likeness (QED) is 0.434. The van der Waals surface area contributed by atoms with Crippen molar-refractivity contribution in [2.24, 2.45) is 4.99 Å². The molecule has 0 aliphatic carbocycles. The zero-order valence-corrected chi connectivity index (χ0v) is 17.3. The molecular formula is C23H20F3N3O3. The lowest BCUT2D eigenvalue weighted by molar-refractivity contribution is -0.137. The average molecular weight is 443 g/mol. The molecule has 0 aliphatic heterocycles. The first-order chi connectivity index (χ1) is 15.1. The van der Waals surface area contributed by atoms with Crippen LogP contribution in [0.4, 0.5) is 24.5 Å². The minimum absolute atomic E-state index is 0.0451. The maximum atomic E-state index is 12.8. The second kappa shape index (κ2) is 9.51. The lowest BCUT2D eigenvalue weighted by atomic mass is 10.1. The van der Waals surface area contributed by atoms with Gasteiger partial charge in [-0.05, 0) is 67.4 Å². The number of hydrogen-bond donors (Lipinski definition) is 2. The zero-order valence-electron chi connectivity index (χ0n) is 17.3. The molecule has 6 nitrogen and oxygen atoms in total. The normalized spacial score (nSPS) is 11.5. The molecule has 0 spiro atoms. The van der Waals surface area contributed by atoms with E-state index in [4.69, 9.17) is 4.42 Å². The van der Waals surface area contributed by atoms with Crippen molar-refractivity contribution in [3.63, 3.8) is 0 Å². The molecule has 0 unspecified atom stereocenters. The van der Waals surface area contributed by atoms with E-state index in [2.05, 4.69) is 15.6 Å². The lowest BCUT2D eigenvalue weighted by Crippen LogP contribution is -2.34. The molecule has 2 amide bonds. The minimum Gasteiger partial charge on any atom is -0.458 e. The summed E-state index contributed by atoms with van der Waals surface area (Å²) in [6, 6.07) is 13.0. The van der Waals surface area contributed by atoms with Crippen LogP contribution in [0.3, 0.4) is 0 Å². The number of rotatable bonds is 5. The number of amides is 2. The van der Waals surface area contributed by atoms with Crippen molar-refractivity contribution >= 4 is 29.4 Å². The first-order valence-corrected chi connectivity index (χ1v) is 9.58. The van der Waals surface area contributed by atoms with Crippen LogP contribution in [0, 0.1) is 13.8 Å². The molecule has 3 aromatic rings. The summed E-state index contributed by atoms with van der Waals surface area (Å²) >= 11 is 0. The van der Waals surface area contributed by atoms with E-state index in [1.54, 1.807) is 24.3 Å². The van der Waals surface area contributed by atoms with Crippen LogP contribution in [0.2, 0.25) is 0 Å². The van der Waals surface area contributed by atoms with Crippen molar-refractivity contribution in [3.8, 4) is 0 Å². The maximum Gasteiger partial charge on any atom is 0.416 e. The molecule has 9 heteroatoms. The third-order valence-electron chi connectivity index (χ3n) is 4.59. The van der Waals surface area contributed by atoms with Gasteiger partial charge < -0.3 is 15.1 Å². The molecule has 1 aromatic heterocycles. The molecule has 2 aromatic carbocycles. The number of anilines is 1. The van der Waals surface area contributed by atoms with Gasteiger partial charge in [-0.15, -0.1) is 0 Å². The Bertz CT molecular complexity index is 1170. The highest BCUT2D eigenvalue weighted by Gasteiger charge is 2.30. The number of carbonyl (C=O) groups is 2. The molecule has 3 rings (SSSR count). The highest BCUT2D eigenvalue weighted by atomic mass is 19.4. The standard InChI is InChI=1S/C23H20F3N3O3/c1-14-6-7-18(10-15(14)2)29-22(31)21(30)28-13-20-9-8-19(32-20)12-27-17-5-3-4-16(11-17)23(24,25)26/h3-12H,13H2,1-2H3,(H,28,30)(H,29,31). The van der Waals surface area contributed by atoms with Crippen LogP contribution in [0.15, 0.2) is 64.0 Å². The molecule has 32 heavy (non-hydrogen) atoms. The van der Waals surface area contributed by atoms with Crippen molar-refractivity contribution in [3.05, 3.63) is 82.8 Å². The van der Waals surface area contributed by atoms with E-state index < -0.39 is 23.6 Å². The summed E-state index contributed by atoms with van der Waals surface area (Å²) in [5.74, 6) is -1.01. The Balaban J connectivity index is 1.54. The number of aliphatic imine (C=N–C) groups is 1. The summed E-state index contributed by atoms with van der Waals surface area (Å²) in [6.45, 7) is 3.79. The van der Waals surface area contributed by atoms with Gasteiger partial charge in [-0.3, -0.25) is 14.6 Å². The highest BCUT2D eigenvalue weighted by Crippen LogP contribution is 2.31. The lowest BCUT2D eigenvalue weighted by Gasteiger charge is -2.07. The number of aryl methyl sites for hydroxylation is 2. The van der Waals surface area contributed by atoms with Crippen LogP contribution in [0.25, 0.3) is 0 Å². The van der Waals surface area contributed by atoms with Crippen molar-refractivity contribution in [1.29, 1.82) is 0 Å². The Hall–Kier alpha value is -3.88. The topological polar surface area (TPSA) is 83.7 Å². The van der Waals surface area contributed by atoms with E-state index in [0.717, 1.165) is 23.3 Å². The van der Waals surface area contributed by atoms with Gasteiger partial charge in [-0.2, -0.15) is 13.2 Å². The molecule has 0 saturated carbocycles. The largest absolute Gasteiger partial charge is 0.458 e. The fourth-order valence-electron chi connectivity index (χ4n) is 2.71. The number of furan rings is 1. The zero-order chi connectivity index (χ0) is 23.3. The minimum atomic E-state index is -4.45. The van der Waals surface area contributed by atoms with Gasteiger partial charge in [-0.25, -0.2) is 0 Å². The fourth-order valence-corrected chi connectivity index (χ4v) is 2.71. The van der Waals surface area contributed by atoms with Crippen LogP contribution in [-0.4, -0.2) is 18.0 Å². The Labute approximate surface area is 182 Å². The number of benzene rings is 2. The Morgan fingerprint density at radius 2 is 1.78 bits per heavy atom. The number of carbonyl (C=O) groups excluding carboxylic acids is 2. The smallest absolute Gasteiger partial charge is 0.416 e. The molecule has 2 N–H and O–H groups in total. The van der Waals surface area contributed by atoms with Crippen molar-refractivity contribution in [1.82, 2.24) is 5.32 Å². The van der Waals surface area contributed by atoms with Gasteiger partial charge in [0, 0.05) is 5.69 Å². The number of hydrogen-bond acceptors (Lipinski definition) is 4. The number of nitrogens with one attached hydrogen (secondary N) is 2. The predicted molar refractivity (Wildman–Crippen MR) is 114 cm³/mol. The van der Waals surface area contributed by atoms with E-state index in [9.17, 15) is 22.8 Å².